The maximum atomic E-state index is 13.7. The van der Waals surface area contributed by atoms with Gasteiger partial charge >= 0.3 is 6.09 Å². The number of sulfonamides is 1. The fourth-order valence-electron chi connectivity index (χ4n) is 4.74. The molecule has 2 aromatic carbocycles. The Morgan fingerprint density at radius 1 is 1.08 bits per heavy atom. The molecule has 2 amide bonds. The Labute approximate surface area is 213 Å². The Balaban J connectivity index is 0.00000253. The van der Waals surface area contributed by atoms with E-state index in [4.69, 9.17) is 0 Å². The average Bonchev–Trinajstić information content (AvgIpc) is 2.87. The van der Waals surface area contributed by atoms with Gasteiger partial charge in [0.05, 0.1) is 11.5 Å². The number of benzene rings is 2. The van der Waals surface area contributed by atoms with Gasteiger partial charge in [0.1, 0.15) is 11.9 Å². The largest absolute Gasteiger partial charge is 0.449 e. The van der Waals surface area contributed by atoms with Crippen molar-refractivity contribution in [3.05, 3.63) is 53.8 Å². The van der Waals surface area contributed by atoms with Crippen LogP contribution in [0.5, 0.6) is 0 Å². The van der Waals surface area contributed by atoms with E-state index in [1.165, 1.54) is 18.2 Å². The maximum Gasteiger partial charge on any atom is 0.421 e. The van der Waals surface area contributed by atoms with Crippen LogP contribution in [0.15, 0.2) is 47.4 Å². The number of aryl methyl sites for hydroxylation is 1. The van der Waals surface area contributed by atoms with Crippen LogP contribution in [0.1, 0.15) is 28.7 Å². The van der Waals surface area contributed by atoms with E-state index in [0.29, 0.717) is 26.2 Å². The van der Waals surface area contributed by atoms with Crippen molar-refractivity contribution in [3.63, 3.8) is 0 Å². The van der Waals surface area contributed by atoms with Crippen LogP contribution in [0.2, 0.25) is 0 Å². The van der Waals surface area contributed by atoms with Gasteiger partial charge in [-0.1, -0.05) is 0 Å². The summed E-state index contributed by atoms with van der Waals surface area (Å²) in [5, 5.41) is 0. The zero-order valence-electron chi connectivity index (χ0n) is 20.4. The van der Waals surface area contributed by atoms with Crippen LogP contribution in [-0.4, -0.2) is 70.7 Å². The van der Waals surface area contributed by atoms with Gasteiger partial charge in [0.2, 0.25) is 5.91 Å². The third-order valence-corrected chi connectivity index (χ3v) is 7.95. The second-order valence-corrected chi connectivity index (χ2v) is 10.6. The highest BCUT2D eigenvalue weighted by atomic mass is 32.2. The molecule has 0 radical (unpaired) electrons. The van der Waals surface area contributed by atoms with Gasteiger partial charge in [0, 0.05) is 47.0 Å². The second kappa shape index (κ2) is 10.7. The Hall–Kier alpha value is -3.34. The zero-order valence-corrected chi connectivity index (χ0v) is 21.3. The van der Waals surface area contributed by atoms with Crippen LogP contribution in [-0.2, 0) is 26.0 Å². The first-order valence-electron chi connectivity index (χ1n) is 12.1. The topological polar surface area (TPSA) is 99.3 Å². The normalized spacial score (nSPS) is 16.8. The van der Waals surface area contributed by atoms with Crippen LogP contribution in [0.4, 0.5) is 20.6 Å². The third-order valence-electron chi connectivity index (χ3n) is 6.62. The summed E-state index contributed by atoms with van der Waals surface area (Å²) in [7, 11) is -4.01. The van der Waals surface area contributed by atoms with E-state index in [1.807, 2.05) is 16.5 Å². The lowest BCUT2D eigenvalue weighted by atomic mass is 9.99. The Morgan fingerprint density at radius 2 is 1.78 bits per heavy atom. The molecule has 2 heterocycles. The molecule has 9 nitrogen and oxygen atoms in total. The van der Waals surface area contributed by atoms with E-state index in [9.17, 15) is 22.4 Å². The van der Waals surface area contributed by atoms with Crippen LogP contribution in [0.3, 0.4) is 0 Å². The van der Waals surface area contributed by atoms with Gasteiger partial charge in [-0.15, -0.1) is 0 Å². The van der Waals surface area contributed by atoms with Gasteiger partial charge in [-0.3, -0.25) is 4.79 Å². The van der Waals surface area contributed by atoms with E-state index in [1.54, 1.807) is 31.2 Å². The SMILES string of the molecule is CCOC(=O)NS(=O)(=O)c1ccc(N2CCN(C(=O)[C@@H](C)N3CCCc4cc(F)ccc43)CC2)cc1.[HH].[HH]. The summed E-state index contributed by atoms with van der Waals surface area (Å²) in [5.41, 5.74) is 2.69. The smallest absolute Gasteiger partial charge is 0.421 e. The summed E-state index contributed by atoms with van der Waals surface area (Å²) < 4.78 is 44.8. The number of hydrogen-bond acceptors (Lipinski definition) is 7. The molecule has 2 aliphatic heterocycles. The van der Waals surface area contributed by atoms with Gasteiger partial charge in [-0.2, -0.15) is 0 Å². The third kappa shape index (κ3) is 5.56. The number of piperazine rings is 1. The molecule has 11 heteroatoms. The van der Waals surface area contributed by atoms with Crippen molar-refractivity contribution in [2.45, 2.75) is 37.6 Å². The van der Waals surface area contributed by atoms with Gasteiger partial charge in [-0.25, -0.2) is 22.3 Å². The highest BCUT2D eigenvalue weighted by molar-refractivity contribution is 7.90. The second-order valence-electron chi connectivity index (χ2n) is 8.88. The molecule has 0 aromatic heterocycles. The molecule has 0 aliphatic carbocycles. The monoisotopic (exact) mass is 522 g/mol. The first kappa shape index (κ1) is 25.7. The van der Waals surface area contributed by atoms with Crippen LogP contribution in [0, 0.1) is 5.82 Å². The van der Waals surface area contributed by atoms with Crippen molar-refractivity contribution >= 4 is 33.4 Å². The molecule has 1 fully saturated rings. The molecule has 0 unspecified atom stereocenters. The lowest BCUT2D eigenvalue weighted by molar-refractivity contribution is -0.132. The summed E-state index contributed by atoms with van der Waals surface area (Å²) in [4.78, 5) is 30.7. The molecule has 2 aromatic rings. The van der Waals surface area contributed by atoms with E-state index >= 15 is 0 Å². The molecule has 0 bridgehead atoms. The molecular formula is C25H35FN4O5S. The number of halogens is 1. The number of hydrogen-bond donors (Lipinski definition) is 1. The van der Waals surface area contributed by atoms with Crippen molar-refractivity contribution in [1.82, 2.24) is 9.62 Å². The number of nitrogens with zero attached hydrogens (tertiary/aromatic N) is 3. The molecule has 36 heavy (non-hydrogen) atoms. The van der Waals surface area contributed by atoms with E-state index < -0.39 is 16.1 Å². The quantitative estimate of drug-likeness (QED) is 0.622. The molecule has 1 N–H and O–H groups in total. The Kier molecular flexibility index (Phi) is 7.67. The Bertz CT molecular complexity index is 1220. The number of fused-ring (bicyclic) bond motifs is 1. The number of rotatable bonds is 6. The molecule has 1 saturated heterocycles. The van der Waals surface area contributed by atoms with E-state index in [0.717, 1.165) is 36.3 Å². The standard InChI is InChI=1S/C25H31FN4O5S.2H2/c1-3-35-25(32)27-36(33,34)22-9-7-21(8-10-22)28-13-15-29(16-14-28)24(31)18(2)30-12-4-5-19-17-20(26)6-11-23(19)30;;/h6-11,17-18H,3-5,12-16H2,1-2H3,(H,27,32);2*1H/t18-;;/m1../s1. The minimum Gasteiger partial charge on any atom is -0.449 e. The molecule has 0 spiro atoms. The highest BCUT2D eigenvalue weighted by Crippen LogP contribution is 2.30. The highest BCUT2D eigenvalue weighted by Gasteiger charge is 2.31. The average molecular weight is 523 g/mol. The van der Waals surface area contributed by atoms with Crippen molar-refractivity contribution in [2.75, 3.05) is 49.1 Å². The van der Waals surface area contributed by atoms with Gasteiger partial charge < -0.3 is 19.4 Å². The molecule has 4 rings (SSSR count). The predicted octanol–water partition coefficient (Wildman–Crippen LogP) is 3.24. The number of nitrogens with one attached hydrogen (secondary N) is 1. The van der Waals surface area contributed by atoms with Crippen molar-refractivity contribution in [2.24, 2.45) is 0 Å². The van der Waals surface area contributed by atoms with Gasteiger partial charge in [-0.05, 0) is 74.7 Å². The van der Waals surface area contributed by atoms with Crippen LogP contribution < -0.4 is 14.5 Å². The molecule has 198 valence electrons. The summed E-state index contributed by atoms with van der Waals surface area (Å²) in [6, 6.07) is 10.7. The summed E-state index contributed by atoms with van der Waals surface area (Å²) >= 11 is 0. The summed E-state index contributed by atoms with van der Waals surface area (Å²) in [6.07, 6.45) is 0.669. The first-order valence-corrected chi connectivity index (χ1v) is 13.6. The first-order chi connectivity index (χ1) is 17.2. The lowest BCUT2D eigenvalue weighted by Gasteiger charge is -2.41. The van der Waals surface area contributed by atoms with Gasteiger partial charge in [0.15, 0.2) is 0 Å². The fourth-order valence-corrected chi connectivity index (χ4v) is 5.64. The van der Waals surface area contributed by atoms with E-state index in [2.05, 4.69) is 14.5 Å². The predicted molar refractivity (Wildman–Crippen MR) is 138 cm³/mol. The van der Waals surface area contributed by atoms with Crippen LogP contribution in [0.25, 0.3) is 0 Å². The lowest BCUT2D eigenvalue weighted by Crippen LogP contribution is -2.55. The molecule has 1 atom stereocenters. The maximum absolute atomic E-state index is 13.7. The van der Waals surface area contributed by atoms with Crippen molar-refractivity contribution in [1.29, 1.82) is 0 Å². The number of ether oxygens (including phenoxy) is 1. The van der Waals surface area contributed by atoms with Crippen molar-refractivity contribution in [3.8, 4) is 0 Å². The minimum atomic E-state index is -4.01. The molecule has 2 aliphatic rings. The number of carbonyl (C=O) groups is 2. The number of amides is 2. The zero-order chi connectivity index (χ0) is 25.9. The number of anilines is 2. The van der Waals surface area contributed by atoms with E-state index in [-0.39, 0.29) is 32.1 Å². The summed E-state index contributed by atoms with van der Waals surface area (Å²) in [6.45, 7) is 6.60. The molecule has 0 saturated carbocycles. The van der Waals surface area contributed by atoms with Crippen LogP contribution >= 0.6 is 0 Å². The van der Waals surface area contributed by atoms with Crippen molar-refractivity contribution < 1.29 is 30.0 Å². The Morgan fingerprint density at radius 3 is 2.44 bits per heavy atom. The fraction of sp³-hybridized carbons (Fsp3) is 0.440. The number of carbonyl (C=O) groups excluding carboxylic acids is 2. The van der Waals surface area contributed by atoms with Gasteiger partial charge in [0.25, 0.3) is 10.0 Å². The molecular weight excluding hydrogens is 487 g/mol. The summed E-state index contributed by atoms with van der Waals surface area (Å²) in [5.74, 6) is -0.218. The minimum absolute atomic E-state index is 0.